The molecule has 224 valence electrons. The van der Waals surface area contributed by atoms with E-state index in [-0.39, 0.29) is 28.6 Å². The summed E-state index contributed by atoms with van der Waals surface area (Å²) in [6.07, 6.45) is 0.194. The van der Waals surface area contributed by atoms with E-state index in [1.165, 1.54) is 36.2 Å². The summed E-state index contributed by atoms with van der Waals surface area (Å²) in [6.45, 7) is 1.24. The maximum Gasteiger partial charge on any atom is 0.264 e. The Morgan fingerprint density at radius 1 is 0.814 bits per heavy atom. The zero-order valence-corrected chi connectivity index (χ0v) is 26.6. The first-order chi connectivity index (χ1) is 20.5. The lowest BCUT2D eigenvalue weighted by Gasteiger charge is -2.33. The SMILES string of the molecule is CNC(=O)[C@@H](Cc1ccccc1)N(Cc1ccc(Cl)c(Cl)c1)C(=O)CN(c1ccc(Cl)cc1)S(=O)(=O)c1ccc(C)cc1. The number of nitrogens with one attached hydrogen (secondary N) is 1. The van der Waals surface area contributed by atoms with Gasteiger partial charge in [-0.3, -0.25) is 13.9 Å². The van der Waals surface area contributed by atoms with Crippen molar-refractivity contribution in [1.82, 2.24) is 10.2 Å². The molecule has 0 saturated carbocycles. The average molecular weight is 659 g/mol. The van der Waals surface area contributed by atoms with E-state index in [0.29, 0.717) is 15.6 Å². The first kappa shape index (κ1) is 32.4. The van der Waals surface area contributed by atoms with Crippen LogP contribution in [0.15, 0.2) is 102 Å². The number of anilines is 1. The number of rotatable bonds is 11. The number of sulfonamides is 1. The highest BCUT2D eigenvalue weighted by atomic mass is 35.5. The fourth-order valence-corrected chi connectivity index (χ4v) is 6.39. The number of benzene rings is 4. The summed E-state index contributed by atoms with van der Waals surface area (Å²) in [5.74, 6) is -1.00. The van der Waals surface area contributed by atoms with Gasteiger partial charge in [-0.15, -0.1) is 0 Å². The maximum atomic E-state index is 14.3. The van der Waals surface area contributed by atoms with Gasteiger partial charge in [0.05, 0.1) is 20.6 Å². The first-order valence-electron chi connectivity index (χ1n) is 13.3. The van der Waals surface area contributed by atoms with Gasteiger partial charge < -0.3 is 10.2 Å². The molecule has 0 heterocycles. The molecule has 0 unspecified atom stereocenters. The zero-order valence-electron chi connectivity index (χ0n) is 23.5. The smallest absolute Gasteiger partial charge is 0.264 e. The van der Waals surface area contributed by atoms with Crippen molar-refractivity contribution in [1.29, 1.82) is 0 Å². The fourth-order valence-electron chi connectivity index (χ4n) is 4.53. The standard InChI is InChI=1S/C32H30Cl3N3O4S/c1-22-8-15-27(16-9-22)43(41,42)38(26-13-11-25(33)12-14-26)21-31(39)37(20-24-10-17-28(34)29(35)18-24)30(32(40)36-2)19-23-6-4-3-5-7-23/h3-18,30H,19-21H2,1-2H3,(H,36,40)/t30-/m1/s1. The summed E-state index contributed by atoms with van der Waals surface area (Å²) in [5, 5.41) is 3.69. The van der Waals surface area contributed by atoms with Crippen LogP contribution in [0.5, 0.6) is 0 Å². The third-order valence-electron chi connectivity index (χ3n) is 6.86. The minimum absolute atomic E-state index is 0.0176. The molecular formula is C32H30Cl3N3O4S. The first-order valence-corrected chi connectivity index (χ1v) is 15.9. The van der Waals surface area contributed by atoms with Crippen LogP contribution in [0.25, 0.3) is 0 Å². The highest BCUT2D eigenvalue weighted by molar-refractivity contribution is 7.92. The van der Waals surface area contributed by atoms with Gasteiger partial charge in [0.25, 0.3) is 10.0 Å². The fraction of sp³-hybridized carbons (Fsp3) is 0.188. The van der Waals surface area contributed by atoms with Crippen LogP contribution < -0.4 is 9.62 Å². The van der Waals surface area contributed by atoms with Crippen LogP contribution in [0.3, 0.4) is 0 Å². The monoisotopic (exact) mass is 657 g/mol. The van der Waals surface area contributed by atoms with Crippen LogP contribution in [0, 0.1) is 6.92 Å². The predicted molar refractivity (Wildman–Crippen MR) is 172 cm³/mol. The van der Waals surface area contributed by atoms with Gasteiger partial charge in [0.15, 0.2) is 0 Å². The Bertz CT molecular complexity index is 1680. The number of amides is 2. The molecule has 2 amide bonds. The third-order valence-corrected chi connectivity index (χ3v) is 9.64. The summed E-state index contributed by atoms with van der Waals surface area (Å²) < 4.78 is 29.0. The largest absolute Gasteiger partial charge is 0.357 e. The Morgan fingerprint density at radius 3 is 2.07 bits per heavy atom. The minimum Gasteiger partial charge on any atom is -0.357 e. The molecule has 0 aromatic heterocycles. The molecule has 0 spiro atoms. The van der Waals surface area contributed by atoms with Crippen LogP contribution in [-0.2, 0) is 32.6 Å². The highest BCUT2D eigenvalue weighted by Gasteiger charge is 2.34. The maximum absolute atomic E-state index is 14.3. The van der Waals surface area contributed by atoms with Gasteiger partial charge in [-0.1, -0.05) is 88.9 Å². The summed E-state index contributed by atoms with van der Waals surface area (Å²) >= 11 is 18.5. The summed E-state index contributed by atoms with van der Waals surface area (Å²) in [4.78, 5) is 29.0. The molecule has 0 bridgehead atoms. The van der Waals surface area contributed by atoms with Gasteiger partial charge in [-0.05, 0) is 66.6 Å². The molecule has 0 fully saturated rings. The number of likely N-dealkylation sites (N-methyl/N-ethyl adjacent to an activating group) is 1. The summed E-state index contributed by atoms with van der Waals surface area (Å²) in [6, 6.07) is 25.8. The van der Waals surface area contributed by atoms with Gasteiger partial charge in [0, 0.05) is 25.0 Å². The molecule has 0 radical (unpaired) electrons. The minimum atomic E-state index is -4.20. The second-order valence-corrected chi connectivity index (χ2v) is 13.0. The third kappa shape index (κ3) is 8.09. The Balaban J connectivity index is 1.79. The number of aryl methyl sites for hydroxylation is 1. The summed E-state index contributed by atoms with van der Waals surface area (Å²) in [7, 11) is -2.71. The van der Waals surface area contributed by atoms with Crippen molar-refractivity contribution in [3.63, 3.8) is 0 Å². The Labute approximate surface area is 267 Å². The van der Waals surface area contributed by atoms with Crippen molar-refractivity contribution in [2.75, 3.05) is 17.9 Å². The molecule has 43 heavy (non-hydrogen) atoms. The molecule has 0 aliphatic heterocycles. The molecular weight excluding hydrogens is 629 g/mol. The van der Waals surface area contributed by atoms with E-state index in [1.807, 2.05) is 37.3 Å². The molecule has 0 aliphatic rings. The molecule has 4 rings (SSSR count). The Hall–Kier alpha value is -3.56. The van der Waals surface area contributed by atoms with E-state index in [2.05, 4.69) is 5.32 Å². The molecule has 1 atom stereocenters. The van der Waals surface area contributed by atoms with Crippen LogP contribution in [0.2, 0.25) is 15.1 Å². The van der Waals surface area contributed by atoms with E-state index >= 15 is 0 Å². The summed E-state index contributed by atoms with van der Waals surface area (Å²) in [5.41, 5.74) is 2.57. The van der Waals surface area contributed by atoms with Crippen molar-refractivity contribution in [3.8, 4) is 0 Å². The highest BCUT2D eigenvalue weighted by Crippen LogP contribution is 2.28. The lowest BCUT2D eigenvalue weighted by atomic mass is 10.0. The molecule has 0 saturated heterocycles. The van der Waals surface area contributed by atoms with E-state index in [4.69, 9.17) is 34.8 Å². The number of nitrogens with zero attached hydrogens (tertiary/aromatic N) is 2. The van der Waals surface area contributed by atoms with Gasteiger partial charge in [0.1, 0.15) is 12.6 Å². The molecule has 7 nitrogen and oxygen atoms in total. The van der Waals surface area contributed by atoms with E-state index in [1.54, 1.807) is 42.5 Å². The quantitative estimate of drug-likeness (QED) is 0.198. The molecule has 4 aromatic rings. The number of carbonyl (C=O) groups excluding carboxylic acids is 2. The lowest BCUT2D eigenvalue weighted by Crippen LogP contribution is -2.53. The van der Waals surface area contributed by atoms with Gasteiger partial charge in [-0.25, -0.2) is 8.42 Å². The van der Waals surface area contributed by atoms with Crippen LogP contribution in [-0.4, -0.2) is 44.8 Å². The number of hydrogen-bond acceptors (Lipinski definition) is 4. The van der Waals surface area contributed by atoms with Crippen molar-refractivity contribution in [2.45, 2.75) is 30.8 Å². The second kappa shape index (κ2) is 14.3. The number of hydrogen-bond donors (Lipinski definition) is 1. The zero-order chi connectivity index (χ0) is 31.1. The molecule has 4 aromatic carbocycles. The lowest BCUT2D eigenvalue weighted by molar-refractivity contribution is -0.139. The van der Waals surface area contributed by atoms with Crippen LogP contribution in [0.1, 0.15) is 16.7 Å². The molecule has 11 heteroatoms. The van der Waals surface area contributed by atoms with Gasteiger partial charge in [-0.2, -0.15) is 0 Å². The van der Waals surface area contributed by atoms with Crippen molar-refractivity contribution < 1.29 is 18.0 Å². The van der Waals surface area contributed by atoms with Crippen molar-refractivity contribution in [2.24, 2.45) is 0 Å². The van der Waals surface area contributed by atoms with Crippen molar-refractivity contribution in [3.05, 3.63) is 129 Å². The predicted octanol–water partition coefficient (Wildman–Crippen LogP) is 6.54. The average Bonchev–Trinajstić information content (AvgIpc) is 3.00. The van der Waals surface area contributed by atoms with Crippen LogP contribution in [0.4, 0.5) is 5.69 Å². The van der Waals surface area contributed by atoms with Gasteiger partial charge >= 0.3 is 0 Å². The van der Waals surface area contributed by atoms with E-state index < -0.39 is 34.4 Å². The second-order valence-electron chi connectivity index (χ2n) is 9.89. The van der Waals surface area contributed by atoms with Crippen molar-refractivity contribution >= 4 is 62.3 Å². The number of carbonyl (C=O) groups is 2. The number of halogens is 3. The van der Waals surface area contributed by atoms with E-state index in [9.17, 15) is 18.0 Å². The molecule has 0 aliphatic carbocycles. The Morgan fingerprint density at radius 2 is 1.47 bits per heavy atom. The van der Waals surface area contributed by atoms with E-state index in [0.717, 1.165) is 15.4 Å². The van der Waals surface area contributed by atoms with Crippen LogP contribution >= 0.6 is 34.8 Å². The normalized spacial score (nSPS) is 11.9. The topological polar surface area (TPSA) is 86.8 Å². The Kier molecular flexibility index (Phi) is 10.7. The van der Waals surface area contributed by atoms with Gasteiger partial charge in [0.2, 0.25) is 11.8 Å². The molecule has 1 N–H and O–H groups in total.